The number of unbranched alkanes of at least 4 members (excludes halogenated alkanes) is 2. The normalized spacial score (nSPS) is 10.7. The number of amides is 1. The Kier molecular flexibility index (Phi) is 6.36. The molecule has 0 spiro atoms. The Morgan fingerprint density at radius 3 is 2.79 bits per heavy atom. The SMILES string of the molecule is CCCCCN(C)CC(=O)Nc1cc(N)ccc1C. The summed E-state index contributed by atoms with van der Waals surface area (Å²) in [5.41, 5.74) is 8.21. The van der Waals surface area contributed by atoms with Crippen LogP contribution in [0.3, 0.4) is 0 Å². The van der Waals surface area contributed by atoms with Crippen LogP contribution in [-0.2, 0) is 4.79 Å². The lowest BCUT2D eigenvalue weighted by atomic mass is 10.2. The van der Waals surface area contributed by atoms with Gasteiger partial charge in [0.2, 0.25) is 5.91 Å². The second-order valence-electron chi connectivity index (χ2n) is 5.07. The molecule has 0 saturated carbocycles. The van der Waals surface area contributed by atoms with Gasteiger partial charge < -0.3 is 11.1 Å². The summed E-state index contributed by atoms with van der Waals surface area (Å²) in [5.74, 6) is 0.00713. The summed E-state index contributed by atoms with van der Waals surface area (Å²) in [6.07, 6.45) is 3.54. The van der Waals surface area contributed by atoms with Crippen molar-refractivity contribution >= 4 is 17.3 Å². The number of likely N-dealkylation sites (N-methyl/N-ethyl adjacent to an activating group) is 1. The van der Waals surface area contributed by atoms with Crippen molar-refractivity contribution < 1.29 is 4.79 Å². The van der Waals surface area contributed by atoms with Crippen molar-refractivity contribution in [1.29, 1.82) is 0 Å². The van der Waals surface area contributed by atoms with E-state index < -0.39 is 0 Å². The zero-order valence-electron chi connectivity index (χ0n) is 12.2. The lowest BCUT2D eigenvalue weighted by Crippen LogP contribution is -2.31. The lowest BCUT2D eigenvalue weighted by Gasteiger charge is -2.16. The van der Waals surface area contributed by atoms with Crippen LogP contribution in [0.15, 0.2) is 18.2 Å². The molecule has 0 aromatic heterocycles. The molecule has 0 radical (unpaired) electrons. The molecular weight excluding hydrogens is 238 g/mol. The Hall–Kier alpha value is -1.55. The summed E-state index contributed by atoms with van der Waals surface area (Å²) in [7, 11) is 1.97. The Bertz CT molecular complexity index is 418. The van der Waals surface area contributed by atoms with E-state index in [1.807, 2.05) is 31.0 Å². The van der Waals surface area contributed by atoms with E-state index in [2.05, 4.69) is 12.2 Å². The number of carbonyl (C=O) groups is 1. The third-order valence-corrected chi connectivity index (χ3v) is 3.09. The van der Waals surface area contributed by atoms with Crippen molar-refractivity contribution in [2.45, 2.75) is 33.1 Å². The molecule has 0 aliphatic heterocycles. The summed E-state index contributed by atoms with van der Waals surface area (Å²) >= 11 is 0. The number of carbonyl (C=O) groups excluding carboxylic acids is 1. The van der Waals surface area contributed by atoms with Gasteiger partial charge in [0.05, 0.1) is 6.54 Å². The molecule has 0 aliphatic carbocycles. The number of aryl methyl sites for hydroxylation is 1. The first-order valence-corrected chi connectivity index (χ1v) is 6.87. The maximum Gasteiger partial charge on any atom is 0.238 e. The van der Waals surface area contributed by atoms with Gasteiger partial charge in [-0.05, 0) is 44.6 Å². The Morgan fingerprint density at radius 1 is 1.37 bits per heavy atom. The van der Waals surface area contributed by atoms with Gasteiger partial charge in [0.25, 0.3) is 0 Å². The fourth-order valence-corrected chi connectivity index (χ4v) is 1.92. The van der Waals surface area contributed by atoms with Crippen LogP contribution >= 0.6 is 0 Å². The number of nitrogens with zero attached hydrogens (tertiary/aromatic N) is 1. The van der Waals surface area contributed by atoms with E-state index in [-0.39, 0.29) is 5.91 Å². The van der Waals surface area contributed by atoms with E-state index in [1.165, 1.54) is 12.8 Å². The highest BCUT2D eigenvalue weighted by Crippen LogP contribution is 2.17. The molecule has 0 aliphatic rings. The van der Waals surface area contributed by atoms with E-state index in [1.54, 1.807) is 6.07 Å². The highest BCUT2D eigenvalue weighted by Gasteiger charge is 2.08. The van der Waals surface area contributed by atoms with Crippen LogP contribution in [0.5, 0.6) is 0 Å². The van der Waals surface area contributed by atoms with Gasteiger partial charge in [0, 0.05) is 11.4 Å². The van der Waals surface area contributed by atoms with Gasteiger partial charge in [0.15, 0.2) is 0 Å². The van der Waals surface area contributed by atoms with Crippen molar-refractivity contribution in [1.82, 2.24) is 4.90 Å². The molecule has 4 heteroatoms. The minimum absolute atomic E-state index is 0.00713. The fraction of sp³-hybridized carbons (Fsp3) is 0.533. The van der Waals surface area contributed by atoms with Gasteiger partial charge in [0.1, 0.15) is 0 Å². The predicted molar refractivity (Wildman–Crippen MR) is 81.2 cm³/mol. The van der Waals surface area contributed by atoms with E-state index in [9.17, 15) is 4.79 Å². The molecule has 1 aromatic carbocycles. The zero-order valence-corrected chi connectivity index (χ0v) is 12.2. The highest BCUT2D eigenvalue weighted by atomic mass is 16.2. The number of rotatable bonds is 7. The van der Waals surface area contributed by atoms with Gasteiger partial charge in [-0.1, -0.05) is 25.8 Å². The topological polar surface area (TPSA) is 58.4 Å². The number of benzene rings is 1. The number of nitrogens with one attached hydrogen (secondary N) is 1. The molecule has 0 heterocycles. The molecule has 1 amide bonds. The maximum atomic E-state index is 11.9. The molecule has 19 heavy (non-hydrogen) atoms. The molecule has 4 nitrogen and oxygen atoms in total. The summed E-state index contributed by atoms with van der Waals surface area (Å²) in [6.45, 7) is 5.50. The largest absolute Gasteiger partial charge is 0.399 e. The first-order chi connectivity index (χ1) is 9.02. The van der Waals surface area contributed by atoms with Crippen molar-refractivity contribution in [3.05, 3.63) is 23.8 Å². The molecule has 0 fully saturated rings. The Morgan fingerprint density at radius 2 is 2.11 bits per heavy atom. The van der Waals surface area contributed by atoms with E-state index >= 15 is 0 Å². The van der Waals surface area contributed by atoms with Crippen molar-refractivity contribution in [3.8, 4) is 0 Å². The van der Waals surface area contributed by atoms with Crippen LogP contribution in [0.25, 0.3) is 0 Å². The standard InChI is InChI=1S/C15H25N3O/c1-4-5-6-9-18(3)11-15(19)17-14-10-13(16)8-7-12(14)2/h7-8,10H,4-6,9,11,16H2,1-3H3,(H,17,19). The number of hydrogen-bond acceptors (Lipinski definition) is 3. The average molecular weight is 263 g/mol. The molecule has 0 unspecified atom stereocenters. The minimum Gasteiger partial charge on any atom is -0.399 e. The summed E-state index contributed by atoms with van der Waals surface area (Å²) in [6, 6.07) is 5.54. The number of anilines is 2. The number of nitrogen functional groups attached to an aromatic ring is 1. The molecule has 3 N–H and O–H groups in total. The van der Waals surface area contributed by atoms with E-state index in [4.69, 9.17) is 5.73 Å². The second kappa shape index (κ2) is 7.79. The molecule has 1 aromatic rings. The summed E-state index contributed by atoms with van der Waals surface area (Å²) in [5, 5.41) is 2.91. The van der Waals surface area contributed by atoms with E-state index in [0.29, 0.717) is 12.2 Å². The first-order valence-electron chi connectivity index (χ1n) is 6.87. The molecule has 0 atom stereocenters. The molecule has 0 bridgehead atoms. The van der Waals surface area contributed by atoms with Gasteiger partial charge in [-0.15, -0.1) is 0 Å². The predicted octanol–water partition coefficient (Wildman–Crippen LogP) is 2.64. The fourth-order valence-electron chi connectivity index (χ4n) is 1.92. The maximum absolute atomic E-state index is 11.9. The molecular formula is C15H25N3O. The monoisotopic (exact) mass is 263 g/mol. The van der Waals surface area contributed by atoms with Crippen LogP contribution in [0.2, 0.25) is 0 Å². The van der Waals surface area contributed by atoms with Crippen LogP contribution < -0.4 is 11.1 Å². The third-order valence-electron chi connectivity index (χ3n) is 3.09. The van der Waals surface area contributed by atoms with Crippen LogP contribution in [-0.4, -0.2) is 30.9 Å². The van der Waals surface area contributed by atoms with Crippen LogP contribution in [0.4, 0.5) is 11.4 Å². The van der Waals surface area contributed by atoms with Crippen molar-refractivity contribution in [3.63, 3.8) is 0 Å². The number of nitrogens with two attached hydrogens (primary N) is 1. The Balaban J connectivity index is 2.44. The van der Waals surface area contributed by atoms with Gasteiger partial charge in [-0.25, -0.2) is 0 Å². The highest BCUT2D eigenvalue weighted by molar-refractivity contribution is 5.93. The third kappa shape index (κ3) is 5.75. The summed E-state index contributed by atoms with van der Waals surface area (Å²) < 4.78 is 0. The zero-order chi connectivity index (χ0) is 14.3. The van der Waals surface area contributed by atoms with Crippen molar-refractivity contribution in [2.75, 3.05) is 31.2 Å². The van der Waals surface area contributed by atoms with Crippen LogP contribution in [0.1, 0.15) is 31.7 Å². The van der Waals surface area contributed by atoms with Gasteiger partial charge >= 0.3 is 0 Å². The minimum atomic E-state index is 0.00713. The van der Waals surface area contributed by atoms with Gasteiger partial charge in [-0.2, -0.15) is 0 Å². The molecule has 0 saturated heterocycles. The van der Waals surface area contributed by atoms with Crippen LogP contribution in [0, 0.1) is 6.92 Å². The lowest BCUT2D eigenvalue weighted by molar-refractivity contribution is -0.117. The van der Waals surface area contributed by atoms with Crippen molar-refractivity contribution in [2.24, 2.45) is 0 Å². The Labute approximate surface area is 116 Å². The van der Waals surface area contributed by atoms with E-state index in [0.717, 1.165) is 24.2 Å². The summed E-state index contributed by atoms with van der Waals surface area (Å²) in [4.78, 5) is 14.0. The first kappa shape index (κ1) is 15.5. The quantitative estimate of drug-likeness (QED) is 0.587. The smallest absolute Gasteiger partial charge is 0.238 e. The second-order valence-corrected chi connectivity index (χ2v) is 5.07. The molecule has 1 rings (SSSR count). The molecule has 106 valence electrons. The number of hydrogen-bond donors (Lipinski definition) is 2. The average Bonchev–Trinajstić information content (AvgIpc) is 2.34. The van der Waals surface area contributed by atoms with Gasteiger partial charge in [-0.3, -0.25) is 9.69 Å².